The van der Waals surface area contributed by atoms with E-state index in [2.05, 4.69) is 23.7 Å². The van der Waals surface area contributed by atoms with Gasteiger partial charge in [-0.05, 0) is 35.4 Å². The molecule has 0 bridgehead atoms. The Labute approximate surface area is 151 Å². The van der Waals surface area contributed by atoms with Crippen LogP contribution in [0.1, 0.15) is 35.4 Å². The second-order valence-corrected chi connectivity index (χ2v) is 6.98. The Kier molecular flexibility index (Phi) is 5.71. The SMILES string of the molecule is CC[C@@H]1c2ccsc2CCN1C(=O)CNC(=O)OCc1ccccc1. The molecule has 25 heavy (non-hydrogen) atoms. The van der Waals surface area contributed by atoms with E-state index in [1.54, 1.807) is 11.3 Å². The zero-order valence-corrected chi connectivity index (χ0v) is 15.1. The third-order valence-electron chi connectivity index (χ3n) is 4.40. The maximum Gasteiger partial charge on any atom is 0.407 e. The van der Waals surface area contributed by atoms with Crippen LogP contribution >= 0.6 is 11.3 Å². The van der Waals surface area contributed by atoms with Crippen LogP contribution in [0.25, 0.3) is 0 Å². The monoisotopic (exact) mass is 358 g/mol. The number of carbonyl (C=O) groups excluding carboxylic acids is 2. The van der Waals surface area contributed by atoms with Gasteiger partial charge in [0.25, 0.3) is 0 Å². The maximum atomic E-state index is 12.5. The van der Waals surface area contributed by atoms with Crippen molar-refractivity contribution >= 4 is 23.3 Å². The summed E-state index contributed by atoms with van der Waals surface area (Å²) < 4.78 is 5.14. The number of nitrogens with one attached hydrogen (secondary N) is 1. The molecule has 6 heteroatoms. The first-order valence-corrected chi connectivity index (χ1v) is 9.37. The highest BCUT2D eigenvalue weighted by Gasteiger charge is 2.30. The van der Waals surface area contributed by atoms with Crippen molar-refractivity contribution in [2.75, 3.05) is 13.1 Å². The van der Waals surface area contributed by atoms with Crippen molar-refractivity contribution in [3.05, 3.63) is 57.8 Å². The van der Waals surface area contributed by atoms with E-state index in [0.29, 0.717) is 6.54 Å². The fourth-order valence-corrected chi connectivity index (χ4v) is 4.09. The number of ether oxygens (including phenoxy) is 1. The van der Waals surface area contributed by atoms with Gasteiger partial charge in [-0.2, -0.15) is 0 Å². The van der Waals surface area contributed by atoms with E-state index in [0.717, 1.165) is 18.4 Å². The molecule has 132 valence electrons. The molecule has 2 amide bonds. The molecule has 0 saturated carbocycles. The average molecular weight is 358 g/mol. The number of carbonyl (C=O) groups is 2. The van der Waals surface area contributed by atoms with E-state index in [1.807, 2.05) is 35.2 Å². The van der Waals surface area contributed by atoms with Gasteiger partial charge in [0.1, 0.15) is 13.2 Å². The van der Waals surface area contributed by atoms with Crippen molar-refractivity contribution in [3.8, 4) is 0 Å². The predicted octanol–water partition coefficient (Wildman–Crippen LogP) is 3.51. The van der Waals surface area contributed by atoms with Crippen LogP contribution < -0.4 is 5.32 Å². The predicted molar refractivity (Wildman–Crippen MR) is 97.4 cm³/mol. The number of rotatable bonds is 5. The smallest absolute Gasteiger partial charge is 0.407 e. The Bertz CT molecular complexity index is 729. The molecule has 0 saturated heterocycles. The largest absolute Gasteiger partial charge is 0.445 e. The Balaban J connectivity index is 1.50. The second kappa shape index (κ2) is 8.16. The van der Waals surface area contributed by atoms with Crippen LogP contribution in [-0.4, -0.2) is 30.0 Å². The molecule has 1 atom stereocenters. The first kappa shape index (κ1) is 17.5. The van der Waals surface area contributed by atoms with Gasteiger partial charge in [-0.25, -0.2) is 4.79 Å². The summed E-state index contributed by atoms with van der Waals surface area (Å²) in [4.78, 5) is 27.6. The van der Waals surface area contributed by atoms with Gasteiger partial charge in [0, 0.05) is 11.4 Å². The number of amides is 2. The second-order valence-electron chi connectivity index (χ2n) is 5.98. The van der Waals surface area contributed by atoms with Crippen molar-refractivity contribution in [2.45, 2.75) is 32.4 Å². The zero-order valence-electron chi connectivity index (χ0n) is 14.2. The first-order chi connectivity index (χ1) is 12.2. The molecule has 3 rings (SSSR count). The summed E-state index contributed by atoms with van der Waals surface area (Å²) >= 11 is 1.75. The van der Waals surface area contributed by atoms with Crippen LogP contribution in [0, 0.1) is 0 Å². The maximum absolute atomic E-state index is 12.5. The van der Waals surface area contributed by atoms with Crippen molar-refractivity contribution < 1.29 is 14.3 Å². The third-order valence-corrected chi connectivity index (χ3v) is 5.40. The highest BCUT2D eigenvalue weighted by atomic mass is 32.1. The molecule has 0 fully saturated rings. The van der Waals surface area contributed by atoms with Crippen LogP contribution in [0.2, 0.25) is 0 Å². The Hall–Kier alpha value is -2.34. The normalized spacial score (nSPS) is 16.2. The number of benzene rings is 1. The molecule has 0 radical (unpaired) electrons. The van der Waals surface area contributed by atoms with Crippen LogP contribution in [-0.2, 0) is 22.6 Å². The fraction of sp³-hybridized carbons (Fsp3) is 0.368. The summed E-state index contributed by atoms with van der Waals surface area (Å²) in [7, 11) is 0. The molecule has 5 nitrogen and oxygen atoms in total. The van der Waals surface area contributed by atoms with Crippen molar-refractivity contribution in [3.63, 3.8) is 0 Å². The third kappa shape index (κ3) is 4.20. The summed E-state index contributed by atoms with van der Waals surface area (Å²) in [6, 6.07) is 11.7. The summed E-state index contributed by atoms with van der Waals surface area (Å²) in [6.07, 6.45) is 1.18. The number of thiophene rings is 1. The molecule has 1 N–H and O–H groups in total. The number of alkyl carbamates (subject to hydrolysis) is 1. The van der Waals surface area contributed by atoms with E-state index in [4.69, 9.17) is 4.74 Å². The van der Waals surface area contributed by atoms with E-state index in [1.165, 1.54) is 10.4 Å². The van der Waals surface area contributed by atoms with Crippen LogP contribution in [0.15, 0.2) is 41.8 Å². The summed E-state index contributed by atoms with van der Waals surface area (Å²) in [5.74, 6) is -0.0691. The molecular formula is C19H22N2O3S. The molecular weight excluding hydrogens is 336 g/mol. The van der Waals surface area contributed by atoms with E-state index in [9.17, 15) is 9.59 Å². The lowest BCUT2D eigenvalue weighted by molar-refractivity contribution is -0.133. The lowest BCUT2D eigenvalue weighted by atomic mass is 9.98. The van der Waals surface area contributed by atoms with Gasteiger partial charge in [-0.1, -0.05) is 37.3 Å². The zero-order chi connectivity index (χ0) is 17.6. The van der Waals surface area contributed by atoms with Gasteiger partial charge in [0.2, 0.25) is 5.91 Å². The van der Waals surface area contributed by atoms with Crippen LogP contribution in [0.4, 0.5) is 4.79 Å². The van der Waals surface area contributed by atoms with Crippen molar-refractivity contribution in [1.29, 1.82) is 0 Å². The lowest BCUT2D eigenvalue weighted by Crippen LogP contribution is -2.44. The van der Waals surface area contributed by atoms with Gasteiger partial charge in [-0.3, -0.25) is 4.79 Å². The minimum Gasteiger partial charge on any atom is -0.445 e. The number of hydrogen-bond donors (Lipinski definition) is 1. The minimum atomic E-state index is -0.571. The van der Waals surface area contributed by atoms with E-state index in [-0.39, 0.29) is 25.1 Å². The Morgan fingerprint density at radius 3 is 2.84 bits per heavy atom. The molecule has 2 heterocycles. The Morgan fingerprint density at radius 2 is 2.08 bits per heavy atom. The van der Waals surface area contributed by atoms with Gasteiger partial charge in [0.15, 0.2) is 0 Å². The van der Waals surface area contributed by atoms with Crippen LogP contribution in [0.3, 0.4) is 0 Å². The molecule has 1 aromatic heterocycles. The van der Waals surface area contributed by atoms with Gasteiger partial charge in [-0.15, -0.1) is 11.3 Å². The Morgan fingerprint density at radius 1 is 1.28 bits per heavy atom. The molecule has 1 aromatic carbocycles. The number of hydrogen-bond acceptors (Lipinski definition) is 4. The van der Waals surface area contributed by atoms with E-state index < -0.39 is 6.09 Å². The van der Waals surface area contributed by atoms with Gasteiger partial charge < -0.3 is 15.0 Å². The van der Waals surface area contributed by atoms with Gasteiger partial charge >= 0.3 is 6.09 Å². The highest BCUT2D eigenvalue weighted by Crippen LogP contribution is 2.35. The number of fused-ring (bicyclic) bond motifs is 1. The molecule has 1 aliphatic rings. The first-order valence-electron chi connectivity index (χ1n) is 8.49. The molecule has 0 aliphatic carbocycles. The van der Waals surface area contributed by atoms with E-state index >= 15 is 0 Å². The molecule has 0 spiro atoms. The topological polar surface area (TPSA) is 58.6 Å². The van der Waals surface area contributed by atoms with Crippen LogP contribution in [0.5, 0.6) is 0 Å². The van der Waals surface area contributed by atoms with Crippen molar-refractivity contribution in [1.82, 2.24) is 10.2 Å². The summed E-state index contributed by atoms with van der Waals surface area (Å²) in [6.45, 7) is 2.94. The lowest BCUT2D eigenvalue weighted by Gasteiger charge is -2.35. The average Bonchev–Trinajstić information content (AvgIpc) is 3.13. The number of nitrogens with zero attached hydrogens (tertiary/aromatic N) is 1. The summed E-state index contributed by atoms with van der Waals surface area (Å²) in [5, 5.41) is 4.65. The molecule has 2 aromatic rings. The fourth-order valence-electron chi connectivity index (χ4n) is 3.16. The minimum absolute atomic E-state index is 0.0381. The molecule has 0 unspecified atom stereocenters. The van der Waals surface area contributed by atoms with Gasteiger partial charge in [0.05, 0.1) is 6.04 Å². The standard InChI is InChI=1S/C19H22N2O3S/c1-2-16-15-9-11-25-17(15)8-10-21(16)18(22)12-20-19(23)24-13-14-6-4-3-5-7-14/h3-7,9,11,16H,2,8,10,12-13H2,1H3,(H,20,23)/t16-/m1/s1. The summed E-state index contributed by atoms with van der Waals surface area (Å²) in [5.41, 5.74) is 2.16. The van der Waals surface area contributed by atoms with Crippen molar-refractivity contribution in [2.24, 2.45) is 0 Å². The molecule has 1 aliphatic heterocycles. The quantitative estimate of drug-likeness (QED) is 0.890. The highest BCUT2D eigenvalue weighted by molar-refractivity contribution is 7.10.